The van der Waals surface area contributed by atoms with Gasteiger partial charge in [0.05, 0.1) is 34.4 Å². The first-order valence-corrected chi connectivity index (χ1v) is 16.0. The molecule has 1 aliphatic heterocycles. The average molecular weight is 624 g/mol. The molecule has 7 rings (SSSR count). The molecule has 9 nitrogen and oxygen atoms in total. The van der Waals surface area contributed by atoms with Gasteiger partial charge in [0.1, 0.15) is 28.6 Å². The van der Waals surface area contributed by atoms with Gasteiger partial charge in [-0.15, -0.1) is 0 Å². The fourth-order valence-corrected chi connectivity index (χ4v) is 6.32. The summed E-state index contributed by atoms with van der Waals surface area (Å²) < 4.78 is 54.7. The number of halogens is 1. The minimum Gasteiger partial charge on any atom is -0.470 e. The number of pyridine rings is 1. The summed E-state index contributed by atoms with van der Waals surface area (Å²) in [4.78, 5) is 30.1. The Bertz CT molecular complexity index is 2310. The maximum Gasteiger partial charge on any atom is 0.232 e. The number of aldehydes is 1. The molecule has 0 N–H and O–H groups in total. The van der Waals surface area contributed by atoms with Crippen LogP contribution in [0.3, 0.4) is 0 Å². The van der Waals surface area contributed by atoms with Gasteiger partial charge in [0.15, 0.2) is 18.8 Å². The summed E-state index contributed by atoms with van der Waals surface area (Å²) in [5.74, 6) is 0.181. The molecule has 0 bridgehead atoms. The topological polar surface area (TPSA) is 112 Å². The van der Waals surface area contributed by atoms with Crippen molar-refractivity contribution in [3.05, 3.63) is 89.7 Å². The van der Waals surface area contributed by atoms with Gasteiger partial charge in [0, 0.05) is 47.0 Å². The second-order valence-electron chi connectivity index (χ2n) is 10.9. The second-order valence-corrected chi connectivity index (χ2v) is 12.9. The van der Waals surface area contributed by atoms with Gasteiger partial charge in [0.2, 0.25) is 10.0 Å². The highest BCUT2D eigenvalue weighted by Gasteiger charge is 2.28. The lowest BCUT2D eigenvalue weighted by molar-refractivity contribution is 0.0989. The first-order chi connectivity index (χ1) is 21.6. The van der Waals surface area contributed by atoms with E-state index in [9.17, 15) is 22.4 Å². The third-order valence-corrected chi connectivity index (χ3v) is 9.37. The Morgan fingerprint density at radius 2 is 1.84 bits per heavy atom. The third-order valence-electron chi connectivity index (χ3n) is 8.18. The summed E-state index contributed by atoms with van der Waals surface area (Å²) in [7, 11) is -2.30. The predicted octanol–water partition coefficient (Wildman–Crippen LogP) is 7.07. The maximum atomic E-state index is 13.7. The van der Waals surface area contributed by atoms with E-state index in [1.54, 1.807) is 37.3 Å². The van der Waals surface area contributed by atoms with Crippen LogP contribution in [-0.2, 0) is 16.8 Å². The minimum absolute atomic E-state index is 0.185. The van der Waals surface area contributed by atoms with Crippen molar-refractivity contribution in [2.24, 2.45) is 0 Å². The molecule has 226 valence electrons. The Morgan fingerprint density at radius 3 is 2.56 bits per heavy atom. The molecular weight excluding hydrogens is 597 g/mol. The van der Waals surface area contributed by atoms with E-state index >= 15 is 0 Å². The van der Waals surface area contributed by atoms with Gasteiger partial charge in [-0.05, 0) is 54.6 Å². The highest BCUT2D eigenvalue weighted by atomic mass is 32.2. The molecule has 6 aromatic rings. The molecule has 45 heavy (non-hydrogen) atoms. The van der Waals surface area contributed by atoms with Crippen LogP contribution in [0.15, 0.2) is 77.2 Å². The molecule has 0 saturated heterocycles. The number of fused-ring (bicyclic) bond motifs is 6. The Morgan fingerprint density at radius 1 is 1.07 bits per heavy atom. The first kappa shape index (κ1) is 28.5. The molecule has 0 saturated carbocycles. The molecule has 4 heterocycles. The summed E-state index contributed by atoms with van der Waals surface area (Å²) in [5.41, 5.74) is 4.90. The SMILES string of the molecule is CCC(=O)c1c(-c2ccc(F)cc2)oc2cc(N(C)S(C)(=O)=O)c(-c3ccc4c(n3)-c3cc5c(C=O)cccc5n3CO4)cc12. The van der Waals surface area contributed by atoms with Crippen LogP contribution in [0, 0.1) is 5.82 Å². The van der Waals surface area contributed by atoms with Crippen LogP contribution in [0.5, 0.6) is 5.75 Å². The number of carbonyl (C=O) groups is 2. The smallest absolute Gasteiger partial charge is 0.232 e. The van der Waals surface area contributed by atoms with Gasteiger partial charge >= 0.3 is 0 Å². The zero-order valence-corrected chi connectivity index (χ0v) is 25.3. The number of Topliss-reactive ketones (excluding diaryl/α,β-unsaturated/α-hetero) is 1. The largest absolute Gasteiger partial charge is 0.470 e. The summed E-state index contributed by atoms with van der Waals surface area (Å²) >= 11 is 0. The quantitative estimate of drug-likeness (QED) is 0.138. The van der Waals surface area contributed by atoms with Gasteiger partial charge in [-0.3, -0.25) is 13.9 Å². The number of furan rings is 1. The maximum absolute atomic E-state index is 13.7. The number of aromatic nitrogens is 2. The van der Waals surface area contributed by atoms with E-state index in [1.807, 2.05) is 22.8 Å². The molecule has 0 radical (unpaired) electrons. The molecule has 3 aromatic heterocycles. The van der Waals surface area contributed by atoms with E-state index in [0.29, 0.717) is 50.4 Å². The normalized spacial score (nSPS) is 12.5. The van der Waals surface area contributed by atoms with Crippen LogP contribution in [0.4, 0.5) is 10.1 Å². The molecule has 11 heteroatoms. The lowest BCUT2D eigenvalue weighted by atomic mass is 9.97. The van der Waals surface area contributed by atoms with E-state index in [0.717, 1.165) is 33.4 Å². The highest BCUT2D eigenvalue weighted by molar-refractivity contribution is 7.92. The minimum atomic E-state index is -3.73. The summed E-state index contributed by atoms with van der Waals surface area (Å²) in [6.07, 6.45) is 2.09. The number of hydrogen-bond acceptors (Lipinski definition) is 7. The van der Waals surface area contributed by atoms with Crippen LogP contribution in [-0.4, -0.2) is 43.3 Å². The van der Waals surface area contributed by atoms with Crippen molar-refractivity contribution in [2.75, 3.05) is 17.6 Å². The van der Waals surface area contributed by atoms with Gasteiger partial charge in [-0.1, -0.05) is 19.1 Å². The van der Waals surface area contributed by atoms with E-state index in [-0.39, 0.29) is 30.4 Å². The zero-order valence-electron chi connectivity index (χ0n) is 24.5. The number of ether oxygens (including phenoxy) is 1. The van der Waals surface area contributed by atoms with Gasteiger partial charge < -0.3 is 13.7 Å². The van der Waals surface area contributed by atoms with E-state index in [2.05, 4.69) is 0 Å². The van der Waals surface area contributed by atoms with Gasteiger partial charge in [0.25, 0.3) is 0 Å². The Balaban J connectivity index is 1.49. The molecule has 1 aliphatic rings. The lowest BCUT2D eigenvalue weighted by Gasteiger charge is -2.23. The molecule has 0 aliphatic carbocycles. The third kappa shape index (κ3) is 4.58. The van der Waals surface area contributed by atoms with Crippen molar-refractivity contribution >= 4 is 49.7 Å². The summed E-state index contributed by atoms with van der Waals surface area (Å²) in [6, 6.07) is 19.8. The molecule has 0 fully saturated rings. The number of benzene rings is 3. The number of anilines is 1. The molecule has 0 atom stereocenters. The van der Waals surface area contributed by atoms with Crippen molar-refractivity contribution in [1.29, 1.82) is 0 Å². The first-order valence-electron chi connectivity index (χ1n) is 14.1. The van der Waals surface area contributed by atoms with Crippen molar-refractivity contribution in [3.8, 4) is 39.7 Å². The standard InChI is InChI=1S/C34H26FN3O6S/c1-4-29(40)32-24-14-23(27(37(2)45(3,41)42)16-31(24)44-34(32)19-8-10-21(35)11-9-19)25-12-13-30-33(36-25)28-15-22-20(17-39)6-5-7-26(22)38(28)18-43-30/h5-17H,4,18H2,1-3H3. The average Bonchev–Trinajstić information content (AvgIpc) is 3.61. The number of carbonyl (C=O) groups excluding carboxylic acids is 2. The Labute approximate surface area is 257 Å². The Kier molecular flexibility index (Phi) is 6.59. The van der Waals surface area contributed by atoms with Crippen molar-refractivity contribution in [1.82, 2.24) is 9.55 Å². The van der Waals surface area contributed by atoms with Crippen LogP contribution >= 0.6 is 0 Å². The molecule has 3 aromatic carbocycles. The second kappa shape index (κ2) is 10.4. The van der Waals surface area contributed by atoms with Crippen LogP contribution in [0.25, 0.3) is 55.8 Å². The van der Waals surface area contributed by atoms with Crippen LogP contribution < -0.4 is 9.04 Å². The van der Waals surface area contributed by atoms with Gasteiger partial charge in [-0.2, -0.15) is 0 Å². The number of hydrogen-bond donors (Lipinski definition) is 0. The van der Waals surface area contributed by atoms with Crippen LogP contribution in [0.2, 0.25) is 0 Å². The molecule has 0 spiro atoms. The Hall–Kier alpha value is -5.29. The molecule has 0 unspecified atom stereocenters. The van der Waals surface area contributed by atoms with Crippen molar-refractivity contribution in [2.45, 2.75) is 20.1 Å². The number of nitrogens with zero attached hydrogens (tertiary/aromatic N) is 3. The summed E-state index contributed by atoms with van der Waals surface area (Å²) in [5, 5.41) is 1.24. The van der Waals surface area contributed by atoms with Crippen molar-refractivity contribution in [3.63, 3.8) is 0 Å². The van der Waals surface area contributed by atoms with E-state index in [4.69, 9.17) is 14.1 Å². The van der Waals surface area contributed by atoms with E-state index < -0.39 is 15.8 Å². The van der Waals surface area contributed by atoms with Gasteiger partial charge in [-0.25, -0.2) is 17.8 Å². The zero-order chi connectivity index (χ0) is 31.6. The number of ketones is 1. The molecular formula is C34H26FN3O6S. The fourth-order valence-electron chi connectivity index (χ4n) is 5.81. The summed E-state index contributed by atoms with van der Waals surface area (Å²) in [6.45, 7) is 1.97. The lowest BCUT2D eigenvalue weighted by Crippen LogP contribution is -2.25. The highest BCUT2D eigenvalue weighted by Crippen LogP contribution is 2.44. The number of rotatable bonds is 7. The van der Waals surface area contributed by atoms with Crippen LogP contribution in [0.1, 0.15) is 34.1 Å². The van der Waals surface area contributed by atoms with E-state index in [1.165, 1.54) is 31.3 Å². The predicted molar refractivity (Wildman–Crippen MR) is 170 cm³/mol. The fraction of sp³-hybridized carbons (Fsp3) is 0.147. The monoisotopic (exact) mass is 623 g/mol. The number of sulfonamides is 1. The molecule has 0 amide bonds. The van der Waals surface area contributed by atoms with Crippen molar-refractivity contribution < 1.29 is 31.6 Å².